The molecule has 0 aliphatic rings. The van der Waals surface area contributed by atoms with E-state index in [9.17, 15) is 4.79 Å². The Labute approximate surface area is 126 Å². The van der Waals surface area contributed by atoms with Gasteiger partial charge in [-0.1, -0.05) is 29.3 Å². The van der Waals surface area contributed by atoms with Crippen LogP contribution in [0.1, 0.15) is 5.56 Å². The number of hydrogen-bond donors (Lipinski definition) is 0. The highest BCUT2D eigenvalue weighted by Crippen LogP contribution is 2.24. The van der Waals surface area contributed by atoms with Crippen LogP contribution in [0.15, 0.2) is 34.6 Å². The Morgan fingerprint density at radius 2 is 1.89 bits per heavy atom. The summed E-state index contributed by atoms with van der Waals surface area (Å²) in [6.07, 6.45) is 8.68. The minimum atomic E-state index is -0.0558. The zero-order valence-electron chi connectivity index (χ0n) is 9.94. The van der Waals surface area contributed by atoms with E-state index in [1.165, 1.54) is 6.08 Å². The Hall–Kier alpha value is -0.350. The lowest BCUT2D eigenvalue weighted by Gasteiger charge is -1.98. The number of thioether (sulfide) groups is 2. The van der Waals surface area contributed by atoms with Crippen molar-refractivity contribution in [2.24, 2.45) is 0 Å². The maximum Gasteiger partial charge on any atom is 0.180 e. The summed E-state index contributed by atoms with van der Waals surface area (Å²) in [5.41, 5.74) is 0.776. The van der Waals surface area contributed by atoms with Crippen LogP contribution in [0.4, 0.5) is 0 Å². The minimum absolute atomic E-state index is 0.0558. The van der Waals surface area contributed by atoms with Crippen LogP contribution < -0.4 is 0 Å². The van der Waals surface area contributed by atoms with E-state index in [4.69, 9.17) is 23.2 Å². The van der Waals surface area contributed by atoms with Crippen molar-refractivity contribution in [3.05, 3.63) is 50.2 Å². The molecule has 96 valence electrons. The topological polar surface area (TPSA) is 17.1 Å². The average Bonchev–Trinajstić information content (AvgIpc) is 2.35. The van der Waals surface area contributed by atoms with Crippen LogP contribution in [-0.2, 0) is 4.79 Å². The van der Waals surface area contributed by atoms with Gasteiger partial charge in [0.2, 0.25) is 0 Å². The van der Waals surface area contributed by atoms with E-state index in [1.54, 1.807) is 53.9 Å². The van der Waals surface area contributed by atoms with Gasteiger partial charge in [0.25, 0.3) is 0 Å². The Morgan fingerprint density at radius 3 is 2.44 bits per heavy atom. The molecule has 0 spiro atoms. The number of halogens is 2. The van der Waals surface area contributed by atoms with Gasteiger partial charge in [-0.3, -0.25) is 4.79 Å². The molecule has 0 unspecified atom stereocenters. The summed E-state index contributed by atoms with van der Waals surface area (Å²) >= 11 is 14.9. The highest BCUT2D eigenvalue weighted by molar-refractivity contribution is 8.21. The van der Waals surface area contributed by atoms with E-state index >= 15 is 0 Å². The van der Waals surface area contributed by atoms with Crippen molar-refractivity contribution >= 4 is 58.6 Å². The van der Waals surface area contributed by atoms with Crippen molar-refractivity contribution < 1.29 is 4.79 Å². The summed E-state index contributed by atoms with van der Waals surface area (Å²) in [7, 11) is 0. The molecule has 1 nitrogen and oxygen atoms in total. The van der Waals surface area contributed by atoms with Gasteiger partial charge in [-0.15, -0.1) is 23.5 Å². The molecule has 0 bridgehead atoms. The van der Waals surface area contributed by atoms with Crippen molar-refractivity contribution in [1.82, 2.24) is 0 Å². The molecule has 5 heteroatoms. The molecule has 0 saturated heterocycles. The molecule has 0 atom stereocenters. The van der Waals surface area contributed by atoms with E-state index in [0.717, 1.165) is 9.80 Å². The standard InChI is InChI=1S/C13H12Cl2OS2/c1-17-13(18-2)8-11(16)6-4-9-3-5-10(14)7-12(9)15/h3-8H,1-2H3/b6-4+. The molecule has 0 heterocycles. The van der Waals surface area contributed by atoms with E-state index < -0.39 is 0 Å². The van der Waals surface area contributed by atoms with Crippen LogP contribution in [0.2, 0.25) is 10.0 Å². The second kappa shape index (κ2) is 7.95. The number of benzene rings is 1. The third-order valence-electron chi connectivity index (χ3n) is 2.05. The molecule has 0 saturated carbocycles. The van der Waals surface area contributed by atoms with Gasteiger partial charge >= 0.3 is 0 Å². The van der Waals surface area contributed by atoms with E-state index in [0.29, 0.717) is 10.0 Å². The zero-order chi connectivity index (χ0) is 13.5. The third kappa shape index (κ3) is 5.11. The average molecular weight is 319 g/mol. The predicted molar refractivity (Wildman–Crippen MR) is 85.6 cm³/mol. The first kappa shape index (κ1) is 15.7. The molecule has 0 amide bonds. The van der Waals surface area contributed by atoms with E-state index in [1.807, 2.05) is 12.5 Å². The number of ketones is 1. The Kier molecular flexibility index (Phi) is 6.94. The fourth-order valence-electron chi connectivity index (χ4n) is 1.17. The van der Waals surface area contributed by atoms with Crippen LogP contribution in [-0.4, -0.2) is 18.3 Å². The fourth-order valence-corrected chi connectivity index (χ4v) is 2.78. The molecular weight excluding hydrogens is 307 g/mol. The predicted octanol–water partition coefficient (Wildman–Crippen LogP) is 5.14. The summed E-state index contributed by atoms with van der Waals surface area (Å²) in [5, 5.41) is 1.11. The van der Waals surface area contributed by atoms with Crippen LogP contribution in [0, 0.1) is 0 Å². The summed E-state index contributed by atoms with van der Waals surface area (Å²) in [6.45, 7) is 0. The molecule has 1 aromatic rings. The second-order valence-electron chi connectivity index (χ2n) is 3.27. The normalized spacial score (nSPS) is 10.7. The molecule has 0 aromatic heterocycles. The van der Waals surface area contributed by atoms with Crippen LogP contribution in [0.3, 0.4) is 0 Å². The molecule has 1 aromatic carbocycles. The van der Waals surface area contributed by atoms with Crippen molar-refractivity contribution in [2.45, 2.75) is 0 Å². The minimum Gasteiger partial charge on any atom is -0.290 e. The molecule has 0 radical (unpaired) electrons. The van der Waals surface area contributed by atoms with Crippen molar-refractivity contribution in [3.63, 3.8) is 0 Å². The first-order chi connectivity index (χ1) is 8.56. The summed E-state index contributed by atoms with van der Waals surface area (Å²) < 4.78 is 0.979. The highest BCUT2D eigenvalue weighted by atomic mass is 35.5. The summed E-state index contributed by atoms with van der Waals surface area (Å²) in [6, 6.07) is 5.17. The van der Waals surface area contributed by atoms with Gasteiger partial charge in [-0.05, 0) is 42.4 Å². The first-order valence-electron chi connectivity index (χ1n) is 5.03. The van der Waals surface area contributed by atoms with Crippen LogP contribution >= 0.6 is 46.7 Å². The van der Waals surface area contributed by atoms with Gasteiger partial charge in [0, 0.05) is 20.4 Å². The summed E-state index contributed by atoms with van der Waals surface area (Å²) in [5.74, 6) is -0.0558. The smallest absolute Gasteiger partial charge is 0.180 e. The lowest BCUT2D eigenvalue weighted by atomic mass is 10.2. The van der Waals surface area contributed by atoms with Gasteiger partial charge in [-0.2, -0.15) is 0 Å². The maximum atomic E-state index is 11.7. The maximum absolute atomic E-state index is 11.7. The zero-order valence-corrected chi connectivity index (χ0v) is 13.1. The van der Waals surface area contributed by atoms with Crippen molar-refractivity contribution in [1.29, 1.82) is 0 Å². The van der Waals surface area contributed by atoms with E-state index in [-0.39, 0.29) is 5.78 Å². The third-order valence-corrected chi connectivity index (χ3v) is 4.65. The number of carbonyl (C=O) groups excluding carboxylic acids is 1. The van der Waals surface area contributed by atoms with Gasteiger partial charge in [0.1, 0.15) is 0 Å². The van der Waals surface area contributed by atoms with Crippen molar-refractivity contribution in [2.75, 3.05) is 12.5 Å². The molecule has 0 N–H and O–H groups in total. The molecule has 0 aliphatic heterocycles. The number of allylic oxidation sites excluding steroid dienone is 2. The molecule has 0 aliphatic carbocycles. The highest BCUT2D eigenvalue weighted by Gasteiger charge is 1.99. The Morgan fingerprint density at radius 1 is 1.22 bits per heavy atom. The summed E-state index contributed by atoms with van der Waals surface area (Å²) in [4.78, 5) is 11.7. The Bertz CT molecular complexity index is 490. The van der Waals surface area contributed by atoms with E-state index in [2.05, 4.69) is 0 Å². The van der Waals surface area contributed by atoms with Gasteiger partial charge in [0.05, 0.1) is 0 Å². The molecule has 0 fully saturated rings. The molecule has 18 heavy (non-hydrogen) atoms. The van der Waals surface area contributed by atoms with Gasteiger partial charge in [-0.25, -0.2) is 0 Å². The van der Waals surface area contributed by atoms with Crippen LogP contribution in [0.5, 0.6) is 0 Å². The lowest BCUT2D eigenvalue weighted by Crippen LogP contribution is -1.87. The van der Waals surface area contributed by atoms with Crippen LogP contribution in [0.25, 0.3) is 6.08 Å². The largest absolute Gasteiger partial charge is 0.290 e. The first-order valence-corrected chi connectivity index (χ1v) is 8.24. The number of rotatable bonds is 5. The quantitative estimate of drug-likeness (QED) is 0.699. The number of hydrogen-bond acceptors (Lipinski definition) is 3. The monoisotopic (exact) mass is 318 g/mol. The van der Waals surface area contributed by atoms with Gasteiger partial charge < -0.3 is 0 Å². The lowest BCUT2D eigenvalue weighted by molar-refractivity contribution is -0.110. The second-order valence-corrected chi connectivity index (χ2v) is 6.07. The number of carbonyl (C=O) groups is 1. The van der Waals surface area contributed by atoms with Crippen molar-refractivity contribution in [3.8, 4) is 0 Å². The molecular formula is C13H12Cl2OS2. The fraction of sp³-hybridized carbons (Fsp3) is 0.154. The SMILES string of the molecule is CSC(=CC(=O)/C=C/c1ccc(Cl)cc1Cl)SC. The van der Waals surface area contributed by atoms with Gasteiger partial charge in [0.15, 0.2) is 5.78 Å². The molecule has 1 rings (SSSR count). The Balaban J connectivity index is 2.81.